The molecule has 316 valence electrons. The molecule has 0 amide bonds. The number of phosphoric acid groups is 1. The van der Waals surface area contributed by atoms with E-state index < -0.39 is 38.6 Å². The Morgan fingerprint density at radius 3 is 2.00 bits per heavy atom. The van der Waals surface area contributed by atoms with Crippen LogP contribution in [0.25, 0.3) is 0 Å². The number of aliphatic hydroxyl groups excluding tert-OH is 1. The third kappa shape index (κ3) is 39.4. The lowest BCUT2D eigenvalue weighted by atomic mass is 10.1. The summed E-state index contributed by atoms with van der Waals surface area (Å²) in [7, 11) is 1.07. The van der Waals surface area contributed by atoms with E-state index in [0.717, 1.165) is 51.4 Å². The number of likely N-dealkylation sites (N-methyl/N-ethyl adjacent to an activating group) is 1. The van der Waals surface area contributed by atoms with Crippen LogP contribution in [0.5, 0.6) is 0 Å². The van der Waals surface area contributed by atoms with Gasteiger partial charge in [-0.3, -0.25) is 14.2 Å². The maximum atomic E-state index is 12.6. The Balaban J connectivity index is 4.60. The number of nitrogens with zero attached hydrogens (tertiary/aromatic N) is 1. The molecule has 0 fully saturated rings. The quantitative estimate of drug-likeness (QED) is 0.0165. The van der Waals surface area contributed by atoms with Gasteiger partial charge < -0.3 is 33.0 Å². The molecule has 0 radical (unpaired) electrons. The van der Waals surface area contributed by atoms with Gasteiger partial charge in [0.15, 0.2) is 6.10 Å². The molecule has 0 rings (SSSR count). The maximum absolute atomic E-state index is 12.6. The lowest BCUT2D eigenvalue weighted by Gasteiger charge is -2.28. The van der Waals surface area contributed by atoms with Crippen LogP contribution in [0.15, 0.2) is 72.9 Å². The molecule has 0 aliphatic carbocycles. The molecule has 3 atom stereocenters. The second-order valence-electron chi connectivity index (χ2n) is 14.8. The van der Waals surface area contributed by atoms with Crippen molar-refractivity contribution in [2.24, 2.45) is 0 Å². The van der Waals surface area contributed by atoms with Crippen LogP contribution in [-0.2, 0) is 32.7 Å². The molecule has 0 aliphatic heterocycles. The summed E-state index contributed by atoms with van der Waals surface area (Å²) in [6.45, 7) is 3.89. The Hall–Kier alpha value is -2.59. The Bertz CT molecular complexity index is 1190. The number of allylic oxidation sites excluding steroid dienone is 10. The van der Waals surface area contributed by atoms with E-state index in [1.807, 2.05) is 63.7 Å². The zero-order chi connectivity index (χ0) is 40.9. The van der Waals surface area contributed by atoms with Gasteiger partial charge in [0.25, 0.3) is 7.82 Å². The minimum atomic E-state index is -4.66. The van der Waals surface area contributed by atoms with Crippen LogP contribution in [0.1, 0.15) is 136 Å². The predicted molar refractivity (Wildman–Crippen MR) is 223 cm³/mol. The average Bonchev–Trinajstić information content (AvgIpc) is 3.13. The number of quaternary nitrogens is 1. The van der Waals surface area contributed by atoms with Crippen molar-refractivity contribution in [3.63, 3.8) is 0 Å². The van der Waals surface area contributed by atoms with Gasteiger partial charge in [-0.05, 0) is 70.6 Å². The van der Waals surface area contributed by atoms with Crippen molar-refractivity contribution in [1.82, 2.24) is 0 Å². The van der Waals surface area contributed by atoms with E-state index in [1.165, 1.54) is 25.7 Å². The van der Waals surface area contributed by atoms with E-state index in [2.05, 4.69) is 38.2 Å². The number of carbonyl (C=O) groups excluding carboxylic acids is 2. The summed E-state index contributed by atoms with van der Waals surface area (Å²) in [6.07, 6.45) is 39.7. The smallest absolute Gasteiger partial charge is 0.306 e. The minimum absolute atomic E-state index is 0.0574. The van der Waals surface area contributed by atoms with E-state index in [4.69, 9.17) is 18.5 Å². The van der Waals surface area contributed by atoms with E-state index >= 15 is 0 Å². The van der Waals surface area contributed by atoms with Gasteiger partial charge in [0.2, 0.25) is 0 Å². The highest BCUT2D eigenvalue weighted by Crippen LogP contribution is 2.38. The third-order valence-corrected chi connectivity index (χ3v) is 9.25. The summed E-state index contributed by atoms with van der Waals surface area (Å²) in [6, 6.07) is 0. The number of ether oxygens (including phenoxy) is 2. The lowest BCUT2D eigenvalue weighted by molar-refractivity contribution is -0.870. The largest absolute Gasteiger partial charge is 0.756 e. The van der Waals surface area contributed by atoms with E-state index in [1.54, 1.807) is 6.08 Å². The lowest BCUT2D eigenvalue weighted by Crippen LogP contribution is -2.37. The zero-order valence-electron chi connectivity index (χ0n) is 35.0. The highest BCUT2D eigenvalue weighted by Gasteiger charge is 2.21. The molecule has 0 aliphatic rings. The number of carbonyl (C=O) groups is 2. The molecule has 0 bridgehead atoms. The van der Waals surface area contributed by atoms with Crippen molar-refractivity contribution in [1.29, 1.82) is 0 Å². The fourth-order valence-electron chi connectivity index (χ4n) is 5.00. The standard InChI is InChI=1S/C44H76NO9P/c1-6-8-10-12-14-15-16-17-18-19-23-27-31-35-43(47)51-39-42(40-53-55(49,50)52-38-37-45(3,4)5)54-44(48)36-32-28-24-21-20-22-26-30-34-41(46)33-29-25-13-11-9-7-2/h9,11,15-16,21-22,24-26,29-30,34,41-42,46H,6-8,10,12-14,17-20,23,27-28,31-33,35-40H2,1-5H3/b11-9-,16-15-,24-21-,26-22-,29-25-,34-30+. The summed E-state index contributed by atoms with van der Waals surface area (Å²) in [5.74, 6) is -0.961. The monoisotopic (exact) mass is 794 g/mol. The Labute approximate surface area is 334 Å². The Morgan fingerprint density at radius 2 is 1.29 bits per heavy atom. The highest BCUT2D eigenvalue weighted by atomic mass is 31.2. The molecule has 0 spiro atoms. The van der Waals surface area contributed by atoms with E-state index in [9.17, 15) is 24.2 Å². The van der Waals surface area contributed by atoms with Crippen LogP contribution in [0.2, 0.25) is 0 Å². The maximum Gasteiger partial charge on any atom is 0.306 e. The second-order valence-corrected chi connectivity index (χ2v) is 16.2. The number of esters is 2. The molecule has 0 aromatic carbocycles. The molecule has 11 heteroatoms. The van der Waals surface area contributed by atoms with Gasteiger partial charge in [-0.1, -0.05) is 125 Å². The van der Waals surface area contributed by atoms with Crippen molar-refractivity contribution in [2.45, 2.75) is 148 Å². The van der Waals surface area contributed by atoms with Crippen LogP contribution >= 0.6 is 7.82 Å². The van der Waals surface area contributed by atoms with E-state index in [-0.39, 0.29) is 26.1 Å². The molecule has 0 saturated carbocycles. The molecular formula is C44H76NO9P. The van der Waals surface area contributed by atoms with Crippen molar-refractivity contribution < 1.29 is 47.2 Å². The van der Waals surface area contributed by atoms with Crippen LogP contribution in [0.3, 0.4) is 0 Å². The molecule has 0 aromatic rings. The summed E-state index contributed by atoms with van der Waals surface area (Å²) >= 11 is 0. The zero-order valence-corrected chi connectivity index (χ0v) is 35.8. The molecule has 10 nitrogen and oxygen atoms in total. The van der Waals surface area contributed by atoms with Gasteiger partial charge in [-0.15, -0.1) is 0 Å². The van der Waals surface area contributed by atoms with Gasteiger partial charge in [0.1, 0.15) is 19.8 Å². The number of aliphatic hydroxyl groups is 1. The van der Waals surface area contributed by atoms with Gasteiger partial charge in [0.05, 0.1) is 33.9 Å². The van der Waals surface area contributed by atoms with Crippen LogP contribution in [0, 0.1) is 0 Å². The van der Waals surface area contributed by atoms with Gasteiger partial charge >= 0.3 is 11.9 Å². The van der Waals surface area contributed by atoms with E-state index in [0.29, 0.717) is 43.1 Å². The summed E-state index contributed by atoms with van der Waals surface area (Å²) in [4.78, 5) is 37.4. The predicted octanol–water partition coefficient (Wildman–Crippen LogP) is 9.80. The number of unbranched alkanes of at least 4 members (excludes halogenated alkanes) is 10. The molecular weight excluding hydrogens is 717 g/mol. The Morgan fingerprint density at radius 1 is 0.691 bits per heavy atom. The molecule has 0 aromatic heterocycles. The van der Waals surface area contributed by atoms with Crippen LogP contribution < -0.4 is 4.89 Å². The Kier molecular flexibility index (Phi) is 34.1. The molecule has 0 saturated heterocycles. The van der Waals surface area contributed by atoms with Gasteiger partial charge in [0, 0.05) is 12.8 Å². The van der Waals surface area contributed by atoms with Crippen molar-refractivity contribution in [3.05, 3.63) is 72.9 Å². The van der Waals surface area contributed by atoms with Gasteiger partial charge in [-0.25, -0.2) is 0 Å². The summed E-state index contributed by atoms with van der Waals surface area (Å²) in [5.41, 5.74) is 0. The second kappa shape index (κ2) is 35.8. The number of hydrogen-bond acceptors (Lipinski definition) is 9. The first-order valence-electron chi connectivity index (χ1n) is 20.8. The summed E-state index contributed by atoms with van der Waals surface area (Å²) < 4.78 is 33.7. The van der Waals surface area contributed by atoms with Crippen molar-refractivity contribution >= 4 is 19.8 Å². The molecule has 1 N–H and O–H groups in total. The normalized spacial score (nSPS) is 15.0. The van der Waals surface area contributed by atoms with Crippen molar-refractivity contribution in [3.8, 4) is 0 Å². The first-order valence-corrected chi connectivity index (χ1v) is 22.2. The first-order chi connectivity index (χ1) is 26.4. The van der Waals surface area contributed by atoms with Gasteiger partial charge in [-0.2, -0.15) is 0 Å². The number of phosphoric ester groups is 1. The van der Waals surface area contributed by atoms with Crippen LogP contribution in [-0.4, -0.2) is 81.2 Å². The first kappa shape index (κ1) is 52.4. The topological polar surface area (TPSA) is 131 Å². The highest BCUT2D eigenvalue weighted by molar-refractivity contribution is 7.45. The molecule has 55 heavy (non-hydrogen) atoms. The molecule has 3 unspecified atom stereocenters. The number of hydrogen-bond donors (Lipinski definition) is 1. The molecule has 0 heterocycles. The summed E-state index contributed by atoms with van der Waals surface area (Å²) in [5, 5.41) is 10.0. The minimum Gasteiger partial charge on any atom is -0.756 e. The fraction of sp³-hybridized carbons (Fsp3) is 0.682. The van der Waals surface area contributed by atoms with Crippen molar-refractivity contribution in [2.75, 3.05) is 47.5 Å². The van der Waals surface area contributed by atoms with Crippen LogP contribution in [0.4, 0.5) is 0 Å². The average molecular weight is 794 g/mol. The third-order valence-electron chi connectivity index (χ3n) is 8.29. The number of rotatable bonds is 36. The SMILES string of the molecule is CC/C=C\C/C=C\CC(O)/C=C/C=C\C/C=C\CCCC(=O)OC(COC(=O)CCCCCCC/C=C\CCCCCC)COP(=O)([O-])OCC[N+](C)(C)C. The fourth-order valence-corrected chi connectivity index (χ4v) is 5.73.